The molecule has 0 aliphatic rings. The second-order valence-corrected chi connectivity index (χ2v) is 4.28. The van der Waals surface area contributed by atoms with E-state index in [0.29, 0.717) is 14.5 Å². The van der Waals surface area contributed by atoms with Crippen LogP contribution < -0.4 is 5.73 Å². The first-order valence-corrected chi connectivity index (χ1v) is 5.78. The maximum absolute atomic E-state index is 9.24. The second-order valence-electron chi connectivity index (χ2n) is 2.42. The summed E-state index contributed by atoms with van der Waals surface area (Å²) in [5.74, 6) is -0.968. The minimum atomic E-state index is -0.968. The summed E-state index contributed by atoms with van der Waals surface area (Å²) in [6, 6.07) is 8.29. The molecule has 0 aliphatic carbocycles. The molecule has 0 bridgehead atoms. The quantitative estimate of drug-likeness (QED) is 0.721. The number of carboxylic acid groups (broad SMARTS) is 1. The fourth-order valence-corrected chi connectivity index (χ4v) is 2.23. The molecule has 0 radical (unpaired) electrons. The average molecular weight is 257 g/mol. The van der Waals surface area contributed by atoms with Gasteiger partial charge >= 0.3 is 64.6 Å². The summed E-state index contributed by atoms with van der Waals surface area (Å²) in [4.78, 5) is 13.4. The van der Waals surface area contributed by atoms with Crippen LogP contribution in [0.2, 0.25) is 0 Å². The van der Waals surface area contributed by atoms with Gasteiger partial charge < -0.3 is 10.8 Å². The summed E-state index contributed by atoms with van der Waals surface area (Å²) in [5.41, 5.74) is 5.74. The third-order valence-corrected chi connectivity index (χ3v) is 3.11. The number of para-hydroxylation sites is 1. The molecule has 0 aliphatic heterocycles. The Labute approximate surface area is 87.1 Å². The summed E-state index contributed by atoms with van der Waals surface area (Å²) in [7, 11) is 0. The van der Waals surface area contributed by atoms with Crippen LogP contribution in [0.25, 0.3) is 9.78 Å². The Hall–Kier alpha value is -1.16. The Morgan fingerprint density at radius 1 is 1.50 bits per heavy atom. The van der Waals surface area contributed by atoms with Gasteiger partial charge in [0.25, 0.3) is 0 Å². The molecule has 2 aromatic rings. The van der Waals surface area contributed by atoms with E-state index in [9.17, 15) is 4.79 Å². The summed E-state index contributed by atoms with van der Waals surface area (Å²) < 4.78 is 1.41. The number of benzene rings is 1. The van der Waals surface area contributed by atoms with Crippen molar-refractivity contribution in [3.63, 3.8) is 0 Å². The van der Waals surface area contributed by atoms with E-state index in [1.807, 2.05) is 11.1 Å². The van der Waals surface area contributed by atoms with Crippen molar-refractivity contribution in [3.8, 4) is 0 Å². The summed E-state index contributed by atoms with van der Waals surface area (Å²) in [6.07, 6.45) is 0. The van der Waals surface area contributed by atoms with Crippen molar-refractivity contribution in [1.29, 1.82) is 0 Å². The van der Waals surface area contributed by atoms with Crippen LogP contribution in [0.3, 0.4) is 0 Å². The van der Waals surface area contributed by atoms with Crippen molar-refractivity contribution in [1.82, 2.24) is 4.98 Å². The van der Waals surface area contributed by atoms with Gasteiger partial charge in [-0.25, -0.2) is 0 Å². The van der Waals surface area contributed by atoms with Gasteiger partial charge in [-0.3, -0.25) is 4.79 Å². The third-order valence-electron chi connectivity index (χ3n) is 1.41. The molecule has 3 N–H and O–H groups in total. The zero-order valence-electron chi connectivity index (χ0n) is 7.38. The van der Waals surface area contributed by atoms with E-state index in [1.165, 1.54) is 4.26 Å². The van der Waals surface area contributed by atoms with Crippen LogP contribution in [0.1, 0.15) is 0 Å². The van der Waals surface area contributed by atoms with E-state index >= 15 is 0 Å². The van der Waals surface area contributed by atoms with Crippen molar-refractivity contribution in [2.24, 2.45) is 5.73 Å². The van der Waals surface area contributed by atoms with Crippen molar-refractivity contribution in [2.45, 2.75) is 0 Å². The first-order valence-electron chi connectivity index (χ1n) is 3.94. The van der Waals surface area contributed by atoms with Crippen molar-refractivity contribution < 1.29 is 9.90 Å². The van der Waals surface area contributed by atoms with Crippen molar-refractivity contribution in [2.75, 3.05) is 6.54 Å². The summed E-state index contributed by atoms with van der Waals surface area (Å²) in [6.45, 7) is -0.278. The molecule has 1 aromatic carbocycles. The fraction of sp³-hybridized carbons (Fsp3) is 0.111. The predicted molar refractivity (Wildman–Crippen MR) is 55.4 cm³/mol. The molecule has 4 nitrogen and oxygen atoms in total. The fourth-order valence-electron chi connectivity index (χ4n) is 0.803. The van der Waals surface area contributed by atoms with E-state index in [-0.39, 0.29) is 6.54 Å². The number of hydrogen-bond donors (Lipinski definition) is 2. The number of rotatable bonds is 1. The second kappa shape index (κ2) is 5.54. The molecule has 5 heteroatoms. The number of hydrogen-bond acceptors (Lipinski definition) is 3. The number of aromatic nitrogens is 1. The predicted octanol–water partition coefficient (Wildman–Crippen LogP) is 0.321. The zero-order chi connectivity index (χ0) is 10.4. The summed E-state index contributed by atoms with van der Waals surface area (Å²) >= 11 is 0.511. The Bertz CT molecular complexity index is 384. The van der Waals surface area contributed by atoms with Crippen LogP contribution in [-0.4, -0.2) is 37.1 Å². The van der Waals surface area contributed by atoms with Crippen LogP contribution in [0, 0.1) is 0 Å². The molecule has 0 unspecified atom stereocenters. The van der Waals surface area contributed by atoms with E-state index in [0.717, 1.165) is 5.52 Å². The van der Waals surface area contributed by atoms with Crippen LogP contribution in [0.4, 0.5) is 0 Å². The zero-order valence-corrected chi connectivity index (χ0v) is 9.10. The van der Waals surface area contributed by atoms with Gasteiger partial charge in [0.2, 0.25) is 0 Å². The monoisotopic (exact) mass is 258 g/mol. The van der Waals surface area contributed by atoms with E-state index in [1.54, 1.807) is 0 Å². The number of aliphatic carboxylic acids is 1. The first-order chi connectivity index (χ1) is 6.74. The normalized spacial score (nSPS) is 9.21. The molecule has 0 atom stereocenters. The topological polar surface area (TPSA) is 76.2 Å². The van der Waals surface area contributed by atoms with E-state index in [4.69, 9.17) is 5.11 Å². The molecular weight excluding hydrogens is 247 g/mol. The van der Waals surface area contributed by atoms with Crippen LogP contribution in [-0.2, 0) is 4.79 Å². The molecular formula is C9H10N2O2Se. The Morgan fingerprint density at radius 2 is 2.14 bits per heavy atom. The van der Waals surface area contributed by atoms with Gasteiger partial charge in [-0.15, -0.1) is 0 Å². The number of nitrogens with zero attached hydrogens (tertiary/aromatic N) is 1. The molecule has 0 fully saturated rings. The number of carbonyl (C=O) groups is 1. The molecule has 0 spiro atoms. The number of carboxylic acids is 1. The van der Waals surface area contributed by atoms with Gasteiger partial charge in [0, 0.05) is 0 Å². The van der Waals surface area contributed by atoms with Gasteiger partial charge in [0.1, 0.15) is 0 Å². The SMILES string of the molecule is NCC(=O)O.c1ccc2[se]cnc2c1. The number of fused-ring (bicyclic) bond motifs is 1. The number of nitrogens with two attached hydrogens (primary N) is 1. The third kappa shape index (κ3) is 3.30. The minimum absolute atomic E-state index is 0.278. The summed E-state index contributed by atoms with van der Waals surface area (Å²) in [5, 5.41) is 9.61. The van der Waals surface area contributed by atoms with E-state index in [2.05, 4.69) is 28.9 Å². The van der Waals surface area contributed by atoms with Crippen LogP contribution >= 0.6 is 0 Å². The van der Waals surface area contributed by atoms with Gasteiger partial charge in [0.05, 0.1) is 6.54 Å². The van der Waals surface area contributed by atoms with Crippen LogP contribution in [0.15, 0.2) is 29.3 Å². The van der Waals surface area contributed by atoms with Crippen molar-refractivity contribution in [3.05, 3.63) is 29.3 Å². The maximum atomic E-state index is 9.24. The average Bonchev–Trinajstić information content (AvgIpc) is 2.66. The molecule has 0 amide bonds. The van der Waals surface area contributed by atoms with Gasteiger partial charge in [-0.05, 0) is 0 Å². The molecule has 1 heterocycles. The Kier molecular flexibility index (Phi) is 4.32. The molecule has 0 saturated carbocycles. The first kappa shape index (κ1) is 10.9. The standard InChI is InChI=1S/C7H5NSe.C2H5NO2/c1-2-4-7-6(3-1)8-5-9-7;3-1-2(4)5/h1-5H;1,3H2,(H,4,5). The van der Waals surface area contributed by atoms with Gasteiger partial charge in [-0.2, -0.15) is 0 Å². The molecule has 0 saturated heterocycles. The van der Waals surface area contributed by atoms with Crippen molar-refractivity contribution >= 4 is 30.2 Å². The Balaban J connectivity index is 0.000000171. The molecule has 2 rings (SSSR count). The van der Waals surface area contributed by atoms with Gasteiger partial charge in [0.15, 0.2) is 0 Å². The van der Waals surface area contributed by atoms with E-state index < -0.39 is 5.97 Å². The Morgan fingerprint density at radius 3 is 2.71 bits per heavy atom. The van der Waals surface area contributed by atoms with Crippen LogP contribution in [0.5, 0.6) is 0 Å². The molecule has 14 heavy (non-hydrogen) atoms. The van der Waals surface area contributed by atoms with Gasteiger partial charge in [-0.1, -0.05) is 0 Å². The molecule has 74 valence electrons. The molecule has 1 aromatic heterocycles.